The maximum absolute atomic E-state index is 6.22. The van der Waals surface area contributed by atoms with Crippen molar-refractivity contribution >= 4 is 17.4 Å². The molecule has 2 aromatic heterocycles. The van der Waals surface area contributed by atoms with Gasteiger partial charge in [-0.15, -0.1) is 0 Å². The van der Waals surface area contributed by atoms with Gasteiger partial charge in [0.15, 0.2) is 5.82 Å². The molecule has 108 valence electrons. The number of rotatable bonds is 5. The fourth-order valence-corrected chi connectivity index (χ4v) is 2.25. The molecule has 6 heteroatoms. The summed E-state index contributed by atoms with van der Waals surface area (Å²) in [5.74, 6) is 1.68. The largest absolute Gasteiger partial charge is 0.370 e. The van der Waals surface area contributed by atoms with E-state index < -0.39 is 0 Å². The molecule has 0 atom stereocenters. The second kappa shape index (κ2) is 6.22. The molecule has 0 aromatic carbocycles. The first kappa shape index (κ1) is 14.8. The van der Waals surface area contributed by atoms with E-state index in [4.69, 9.17) is 11.6 Å². The molecule has 0 unspecified atom stereocenters. The van der Waals surface area contributed by atoms with Crippen LogP contribution in [-0.2, 0) is 6.42 Å². The van der Waals surface area contributed by atoms with Crippen molar-refractivity contribution in [2.24, 2.45) is 0 Å². The molecule has 20 heavy (non-hydrogen) atoms. The monoisotopic (exact) mass is 293 g/mol. The molecular weight excluding hydrogens is 274 g/mol. The third-order valence-electron chi connectivity index (χ3n) is 3.22. The van der Waals surface area contributed by atoms with Gasteiger partial charge in [0.1, 0.15) is 12.1 Å². The van der Waals surface area contributed by atoms with Gasteiger partial charge in [-0.25, -0.2) is 14.6 Å². The number of nitrogens with zero attached hydrogens (tertiary/aromatic N) is 4. The average molecular weight is 294 g/mol. The lowest BCUT2D eigenvalue weighted by molar-refractivity contribution is 0.783. The Morgan fingerprint density at radius 3 is 2.55 bits per heavy atom. The number of halogens is 1. The summed E-state index contributed by atoms with van der Waals surface area (Å²) < 4.78 is 1.80. The zero-order valence-corrected chi connectivity index (χ0v) is 13.1. The van der Waals surface area contributed by atoms with Crippen LogP contribution in [0.25, 0.3) is 5.82 Å². The summed E-state index contributed by atoms with van der Waals surface area (Å²) in [6.45, 7) is 8.95. The molecule has 0 bridgehead atoms. The van der Waals surface area contributed by atoms with Crippen LogP contribution in [0.2, 0.25) is 5.02 Å². The van der Waals surface area contributed by atoms with E-state index in [2.05, 4.69) is 34.2 Å². The van der Waals surface area contributed by atoms with E-state index in [1.165, 1.54) is 0 Å². The van der Waals surface area contributed by atoms with Crippen molar-refractivity contribution in [3.63, 3.8) is 0 Å². The van der Waals surface area contributed by atoms with Crippen LogP contribution in [0.4, 0.5) is 5.82 Å². The van der Waals surface area contributed by atoms with E-state index in [1.807, 2.05) is 13.8 Å². The van der Waals surface area contributed by atoms with Crippen molar-refractivity contribution in [3.8, 4) is 5.82 Å². The van der Waals surface area contributed by atoms with Crippen molar-refractivity contribution in [1.29, 1.82) is 0 Å². The van der Waals surface area contributed by atoms with Gasteiger partial charge in [-0.05, 0) is 26.7 Å². The van der Waals surface area contributed by atoms with Gasteiger partial charge in [0.05, 0.1) is 16.4 Å². The molecule has 2 rings (SSSR count). The highest BCUT2D eigenvalue weighted by Crippen LogP contribution is 2.25. The van der Waals surface area contributed by atoms with Crippen molar-refractivity contribution < 1.29 is 0 Å². The molecule has 0 saturated carbocycles. The summed E-state index contributed by atoms with van der Waals surface area (Å²) in [4.78, 5) is 8.73. The fraction of sp³-hybridized carbons (Fsp3) is 0.500. The Morgan fingerprint density at radius 1 is 1.25 bits per heavy atom. The molecule has 0 aliphatic heterocycles. The van der Waals surface area contributed by atoms with Gasteiger partial charge < -0.3 is 5.32 Å². The maximum atomic E-state index is 6.22. The van der Waals surface area contributed by atoms with Gasteiger partial charge in [0, 0.05) is 12.1 Å². The number of anilines is 1. The third-order valence-corrected chi connectivity index (χ3v) is 3.77. The summed E-state index contributed by atoms with van der Waals surface area (Å²) >= 11 is 6.22. The summed E-state index contributed by atoms with van der Waals surface area (Å²) in [7, 11) is 0. The Balaban J connectivity index is 2.53. The SMILES string of the molecule is CCCNc1ncnc(-n2nc(C)c(Cl)c2C)c1CC. The van der Waals surface area contributed by atoms with Crippen LogP contribution in [0.3, 0.4) is 0 Å². The number of hydrogen-bond donors (Lipinski definition) is 1. The Morgan fingerprint density at radius 2 is 2.00 bits per heavy atom. The summed E-state index contributed by atoms with van der Waals surface area (Å²) in [5, 5.41) is 8.50. The lowest BCUT2D eigenvalue weighted by Crippen LogP contribution is -2.12. The van der Waals surface area contributed by atoms with Crippen LogP contribution in [0, 0.1) is 13.8 Å². The minimum absolute atomic E-state index is 0.689. The molecule has 0 aliphatic rings. The van der Waals surface area contributed by atoms with Crippen LogP contribution in [-0.4, -0.2) is 26.3 Å². The summed E-state index contributed by atoms with van der Waals surface area (Å²) in [6.07, 6.45) is 3.45. The predicted molar refractivity (Wildman–Crippen MR) is 81.8 cm³/mol. The third kappa shape index (κ3) is 2.63. The highest BCUT2D eigenvalue weighted by molar-refractivity contribution is 6.31. The first-order chi connectivity index (χ1) is 9.60. The smallest absolute Gasteiger partial charge is 0.162 e. The Labute approximate surface area is 124 Å². The zero-order valence-electron chi connectivity index (χ0n) is 12.4. The van der Waals surface area contributed by atoms with Gasteiger partial charge in [0.25, 0.3) is 0 Å². The first-order valence-corrected chi connectivity index (χ1v) is 7.27. The van der Waals surface area contributed by atoms with E-state index >= 15 is 0 Å². The molecule has 5 nitrogen and oxygen atoms in total. The van der Waals surface area contributed by atoms with Gasteiger partial charge in [-0.1, -0.05) is 25.4 Å². The second-order valence-corrected chi connectivity index (χ2v) is 5.08. The van der Waals surface area contributed by atoms with Crippen LogP contribution < -0.4 is 5.32 Å². The van der Waals surface area contributed by atoms with Crippen LogP contribution in [0.15, 0.2) is 6.33 Å². The average Bonchev–Trinajstić information content (AvgIpc) is 2.72. The van der Waals surface area contributed by atoms with Crippen molar-refractivity contribution in [2.75, 3.05) is 11.9 Å². The molecule has 0 saturated heterocycles. The fourth-order valence-electron chi connectivity index (χ4n) is 2.14. The van der Waals surface area contributed by atoms with Crippen LogP contribution in [0.1, 0.15) is 37.2 Å². The Kier molecular flexibility index (Phi) is 4.60. The van der Waals surface area contributed by atoms with Gasteiger partial charge in [-0.3, -0.25) is 0 Å². The van der Waals surface area contributed by atoms with E-state index in [-0.39, 0.29) is 0 Å². The zero-order chi connectivity index (χ0) is 14.7. The van der Waals surface area contributed by atoms with Crippen molar-refractivity contribution in [3.05, 3.63) is 28.3 Å². The highest BCUT2D eigenvalue weighted by Gasteiger charge is 2.16. The summed E-state index contributed by atoms with van der Waals surface area (Å²) in [6, 6.07) is 0. The maximum Gasteiger partial charge on any atom is 0.162 e. The molecule has 0 fully saturated rings. The minimum atomic E-state index is 0.689. The van der Waals surface area contributed by atoms with E-state index in [0.717, 1.165) is 48.0 Å². The molecule has 0 spiro atoms. The molecule has 0 amide bonds. The normalized spacial score (nSPS) is 10.8. The molecule has 0 aliphatic carbocycles. The van der Waals surface area contributed by atoms with Gasteiger partial charge >= 0.3 is 0 Å². The molecule has 0 radical (unpaired) electrons. The van der Waals surface area contributed by atoms with E-state index in [0.29, 0.717) is 5.02 Å². The van der Waals surface area contributed by atoms with Crippen LogP contribution >= 0.6 is 11.6 Å². The van der Waals surface area contributed by atoms with E-state index in [1.54, 1.807) is 11.0 Å². The second-order valence-electron chi connectivity index (χ2n) is 4.70. The molecule has 1 N–H and O–H groups in total. The standard InChI is InChI=1S/C14H20ClN5/c1-5-7-16-13-11(6-2)14(18-8-17-13)20-10(4)12(15)9(3)19-20/h8H,5-7H2,1-4H3,(H,16,17,18). The number of aromatic nitrogens is 4. The molecular formula is C14H20ClN5. The Bertz CT molecular complexity index is 606. The van der Waals surface area contributed by atoms with E-state index in [9.17, 15) is 0 Å². The quantitative estimate of drug-likeness (QED) is 0.919. The van der Waals surface area contributed by atoms with Crippen molar-refractivity contribution in [1.82, 2.24) is 19.7 Å². The summed E-state index contributed by atoms with van der Waals surface area (Å²) in [5.41, 5.74) is 2.77. The van der Waals surface area contributed by atoms with Crippen molar-refractivity contribution in [2.45, 2.75) is 40.5 Å². The number of nitrogens with one attached hydrogen (secondary N) is 1. The van der Waals surface area contributed by atoms with Gasteiger partial charge in [-0.2, -0.15) is 5.10 Å². The Hall–Kier alpha value is -1.62. The topological polar surface area (TPSA) is 55.6 Å². The lowest BCUT2D eigenvalue weighted by atomic mass is 10.2. The number of aryl methyl sites for hydroxylation is 1. The molecule has 2 heterocycles. The minimum Gasteiger partial charge on any atom is -0.370 e. The van der Waals surface area contributed by atoms with Gasteiger partial charge in [0.2, 0.25) is 0 Å². The lowest BCUT2D eigenvalue weighted by Gasteiger charge is -2.13. The predicted octanol–water partition coefficient (Wildman–Crippen LogP) is 3.32. The molecule has 2 aromatic rings. The number of hydrogen-bond acceptors (Lipinski definition) is 4. The highest BCUT2D eigenvalue weighted by atomic mass is 35.5. The first-order valence-electron chi connectivity index (χ1n) is 6.89. The van der Waals surface area contributed by atoms with Crippen LogP contribution in [0.5, 0.6) is 0 Å².